The summed E-state index contributed by atoms with van der Waals surface area (Å²) in [6, 6.07) is 9.72. The molecule has 2 saturated heterocycles. The summed E-state index contributed by atoms with van der Waals surface area (Å²) < 4.78 is 18.0. The van der Waals surface area contributed by atoms with Gasteiger partial charge in [-0.15, -0.1) is 0 Å². The van der Waals surface area contributed by atoms with Crippen LogP contribution in [0.1, 0.15) is 33.3 Å². The fourth-order valence-corrected chi connectivity index (χ4v) is 4.50. The van der Waals surface area contributed by atoms with Crippen molar-refractivity contribution in [2.45, 2.75) is 57.6 Å². The Balaban J connectivity index is 1.76. The molecule has 3 rings (SSSR count). The van der Waals surface area contributed by atoms with Gasteiger partial charge in [0, 0.05) is 5.92 Å². The Morgan fingerprint density at radius 2 is 1.96 bits per heavy atom. The minimum Gasteiger partial charge on any atom is -0.461 e. The molecule has 2 aliphatic heterocycles. The number of benzene rings is 1. The molecular weight excluding hydrogens is 291 g/mol. The summed E-state index contributed by atoms with van der Waals surface area (Å²) in [4.78, 5) is 12.7. The third-order valence-corrected chi connectivity index (χ3v) is 5.61. The van der Waals surface area contributed by atoms with Crippen LogP contribution in [0.2, 0.25) is 0 Å². The fraction of sp³-hybridized carbons (Fsp3) is 0.611. The number of carbonyl (C=O) groups excluding carboxylic acids is 1. The summed E-state index contributed by atoms with van der Waals surface area (Å²) in [5.41, 5.74) is -0.154. The summed E-state index contributed by atoms with van der Waals surface area (Å²) >= 11 is 0. The predicted molar refractivity (Wildman–Crippen MR) is 89.7 cm³/mol. The molecule has 0 spiro atoms. The molecule has 0 radical (unpaired) electrons. The lowest BCUT2D eigenvalue weighted by molar-refractivity contribution is -0.228. The standard InChI is InChI=1S/C18H25BO4/c1-11-14-15(19)23-18(11,17(3,4)22-14)12(2)16(20)21-10-13-8-6-5-7-9-13/h5-9,11-12,14-15H,10,19H2,1-4H3/t11?,12-,14-,15+,18-/m0/s1. The van der Waals surface area contributed by atoms with E-state index in [1.807, 2.05) is 58.9 Å². The molecule has 0 saturated carbocycles. The largest absolute Gasteiger partial charge is 0.461 e. The first-order valence-electron chi connectivity index (χ1n) is 8.36. The smallest absolute Gasteiger partial charge is 0.312 e. The minimum absolute atomic E-state index is 0.00222. The number of esters is 1. The lowest BCUT2D eigenvalue weighted by Crippen LogP contribution is -2.59. The van der Waals surface area contributed by atoms with Crippen molar-refractivity contribution >= 4 is 13.8 Å². The van der Waals surface area contributed by atoms with Gasteiger partial charge in [0.2, 0.25) is 0 Å². The van der Waals surface area contributed by atoms with E-state index in [4.69, 9.17) is 14.2 Å². The topological polar surface area (TPSA) is 44.8 Å². The van der Waals surface area contributed by atoms with Crippen LogP contribution in [-0.4, -0.2) is 37.1 Å². The molecular formula is C18H25BO4. The Morgan fingerprint density at radius 3 is 2.52 bits per heavy atom. The molecule has 124 valence electrons. The maximum Gasteiger partial charge on any atom is 0.312 e. The van der Waals surface area contributed by atoms with Crippen LogP contribution in [0, 0.1) is 11.8 Å². The lowest BCUT2D eigenvalue weighted by atomic mass is 9.70. The van der Waals surface area contributed by atoms with Gasteiger partial charge in [0.05, 0.1) is 23.6 Å². The SMILES string of the molecule is B[C@@H]1O[C@]2([C@@H](C)C(=O)OCc3ccccc3)C(C)[C@@H]1OC2(C)C. The highest BCUT2D eigenvalue weighted by molar-refractivity contribution is 6.11. The summed E-state index contributed by atoms with van der Waals surface area (Å²) in [6.45, 7) is 8.32. The highest BCUT2D eigenvalue weighted by Gasteiger charge is 2.70. The normalized spacial score (nSPS) is 35.9. The summed E-state index contributed by atoms with van der Waals surface area (Å²) in [5, 5.41) is 0. The lowest BCUT2D eigenvalue weighted by Gasteiger charge is -2.46. The predicted octanol–water partition coefficient (Wildman–Crippen LogP) is 1.91. The van der Waals surface area contributed by atoms with Crippen molar-refractivity contribution in [1.29, 1.82) is 0 Å². The third-order valence-electron chi connectivity index (χ3n) is 5.61. The van der Waals surface area contributed by atoms with Gasteiger partial charge in [-0.2, -0.15) is 0 Å². The zero-order chi connectivity index (χ0) is 16.8. The van der Waals surface area contributed by atoms with Gasteiger partial charge in [0.25, 0.3) is 0 Å². The van der Waals surface area contributed by atoms with E-state index in [9.17, 15) is 4.79 Å². The summed E-state index contributed by atoms with van der Waals surface area (Å²) in [6.07, 6.45) is 0.0365. The minimum atomic E-state index is -0.634. The van der Waals surface area contributed by atoms with Gasteiger partial charge in [0.1, 0.15) is 20.1 Å². The van der Waals surface area contributed by atoms with Crippen LogP contribution in [0.5, 0.6) is 0 Å². The van der Waals surface area contributed by atoms with Gasteiger partial charge < -0.3 is 14.2 Å². The van der Waals surface area contributed by atoms with Crippen molar-refractivity contribution in [3.05, 3.63) is 35.9 Å². The van der Waals surface area contributed by atoms with Crippen LogP contribution in [0.25, 0.3) is 0 Å². The van der Waals surface area contributed by atoms with Crippen molar-refractivity contribution < 1.29 is 19.0 Å². The zero-order valence-electron chi connectivity index (χ0n) is 14.5. The Kier molecular flexibility index (Phi) is 4.05. The highest BCUT2D eigenvalue weighted by atomic mass is 16.6. The molecule has 2 heterocycles. The van der Waals surface area contributed by atoms with E-state index in [0.717, 1.165) is 5.56 Å². The van der Waals surface area contributed by atoms with Crippen molar-refractivity contribution in [3.63, 3.8) is 0 Å². The summed E-state index contributed by atoms with van der Waals surface area (Å²) in [7, 11) is 2.01. The molecule has 5 atom stereocenters. The molecule has 0 amide bonds. The van der Waals surface area contributed by atoms with Gasteiger partial charge in [-0.1, -0.05) is 37.3 Å². The molecule has 1 unspecified atom stereocenters. The summed E-state index contributed by atoms with van der Waals surface area (Å²) in [5.74, 6) is -0.454. The zero-order valence-corrected chi connectivity index (χ0v) is 14.5. The molecule has 2 fully saturated rings. The molecule has 0 N–H and O–H groups in total. The van der Waals surface area contributed by atoms with Crippen LogP contribution in [-0.2, 0) is 25.6 Å². The molecule has 0 aromatic heterocycles. The van der Waals surface area contributed by atoms with Gasteiger partial charge >= 0.3 is 5.97 Å². The maximum absolute atomic E-state index is 12.7. The Labute approximate surface area is 138 Å². The number of carbonyl (C=O) groups is 1. The van der Waals surface area contributed by atoms with E-state index in [-0.39, 0.29) is 36.5 Å². The van der Waals surface area contributed by atoms with Gasteiger partial charge in [-0.3, -0.25) is 4.79 Å². The average Bonchev–Trinajstić information content (AvgIpc) is 2.89. The fourth-order valence-electron chi connectivity index (χ4n) is 4.50. The second-order valence-electron chi connectivity index (χ2n) is 7.31. The van der Waals surface area contributed by atoms with E-state index in [1.165, 1.54) is 0 Å². The van der Waals surface area contributed by atoms with Crippen LogP contribution < -0.4 is 0 Å². The second kappa shape index (κ2) is 5.64. The Morgan fingerprint density at radius 1 is 1.30 bits per heavy atom. The number of fused-ring (bicyclic) bond motifs is 2. The maximum atomic E-state index is 12.7. The molecule has 1 aromatic carbocycles. The van der Waals surface area contributed by atoms with Crippen molar-refractivity contribution in [3.8, 4) is 0 Å². The van der Waals surface area contributed by atoms with Crippen molar-refractivity contribution in [1.82, 2.24) is 0 Å². The Hall–Kier alpha value is -1.33. The van der Waals surface area contributed by atoms with Gasteiger partial charge in [-0.25, -0.2) is 0 Å². The molecule has 23 heavy (non-hydrogen) atoms. The first kappa shape index (κ1) is 16.5. The van der Waals surface area contributed by atoms with Crippen LogP contribution in [0.15, 0.2) is 30.3 Å². The quantitative estimate of drug-likeness (QED) is 0.629. The van der Waals surface area contributed by atoms with E-state index in [0.29, 0.717) is 0 Å². The molecule has 0 aliphatic carbocycles. The molecule has 2 bridgehead atoms. The number of rotatable bonds is 4. The number of ether oxygens (including phenoxy) is 3. The molecule has 4 nitrogen and oxygen atoms in total. The molecule has 1 aromatic rings. The third kappa shape index (κ3) is 2.41. The second-order valence-corrected chi connectivity index (χ2v) is 7.31. The number of hydrogen-bond acceptors (Lipinski definition) is 4. The number of hydrogen-bond donors (Lipinski definition) is 0. The van der Waals surface area contributed by atoms with Crippen molar-refractivity contribution in [2.24, 2.45) is 11.8 Å². The first-order valence-corrected chi connectivity index (χ1v) is 8.36. The van der Waals surface area contributed by atoms with Gasteiger partial charge in [-0.05, 0) is 26.3 Å². The van der Waals surface area contributed by atoms with E-state index >= 15 is 0 Å². The Bertz CT molecular complexity index is 588. The van der Waals surface area contributed by atoms with Crippen molar-refractivity contribution in [2.75, 3.05) is 0 Å². The van der Waals surface area contributed by atoms with Crippen LogP contribution in [0.4, 0.5) is 0 Å². The van der Waals surface area contributed by atoms with Gasteiger partial charge in [0.15, 0.2) is 0 Å². The monoisotopic (exact) mass is 316 g/mol. The van der Waals surface area contributed by atoms with E-state index < -0.39 is 11.2 Å². The highest BCUT2D eigenvalue weighted by Crippen LogP contribution is 2.57. The van der Waals surface area contributed by atoms with E-state index in [2.05, 4.69) is 6.92 Å². The first-order chi connectivity index (χ1) is 10.8. The average molecular weight is 316 g/mol. The van der Waals surface area contributed by atoms with Crippen LogP contribution in [0.3, 0.4) is 0 Å². The van der Waals surface area contributed by atoms with E-state index in [1.54, 1.807) is 0 Å². The molecule has 5 heteroatoms. The van der Waals surface area contributed by atoms with Crippen LogP contribution >= 0.6 is 0 Å². The molecule has 2 aliphatic rings.